The molecule has 4 N–H and O–H groups in total. The van der Waals surface area contributed by atoms with Gasteiger partial charge in [0.2, 0.25) is 0 Å². The van der Waals surface area contributed by atoms with Crippen LogP contribution in [0.3, 0.4) is 0 Å². The topological polar surface area (TPSA) is 133 Å². The van der Waals surface area contributed by atoms with Crippen molar-refractivity contribution in [1.82, 2.24) is 10.3 Å². The van der Waals surface area contributed by atoms with E-state index in [4.69, 9.17) is 15.2 Å². The lowest BCUT2D eigenvalue weighted by Gasteiger charge is -2.34. The molecule has 182 valence electrons. The van der Waals surface area contributed by atoms with Gasteiger partial charge in [-0.15, -0.1) is 0 Å². The number of nitrogens with one attached hydrogen (secondary N) is 2. The minimum Gasteiger partial charge on any atom is -0.493 e. The molecule has 0 saturated heterocycles. The van der Waals surface area contributed by atoms with Crippen LogP contribution in [0.25, 0.3) is 0 Å². The number of Topliss-reactive ketones (excluding diaryl/α,β-unsaturated/α-hetero) is 1. The van der Waals surface area contributed by atoms with Crippen molar-refractivity contribution in [2.75, 3.05) is 19.0 Å². The molecule has 0 radical (unpaired) electrons. The Bertz CT molecular complexity index is 1260. The molecular weight excluding hydrogens is 448 g/mol. The second-order valence-electron chi connectivity index (χ2n) is 8.60. The van der Waals surface area contributed by atoms with Crippen LogP contribution < -0.4 is 25.8 Å². The number of hydrogen-bond acceptors (Lipinski definition) is 7. The summed E-state index contributed by atoms with van der Waals surface area (Å²) < 4.78 is 10.9. The lowest BCUT2D eigenvalue weighted by atomic mass is 9.75. The molecule has 0 fully saturated rings. The highest BCUT2D eigenvalue weighted by Crippen LogP contribution is 2.44. The summed E-state index contributed by atoms with van der Waals surface area (Å²) in [6, 6.07) is 8.78. The maximum absolute atomic E-state index is 13.6. The minimum atomic E-state index is -0.612. The number of ketones is 1. The first-order chi connectivity index (χ1) is 16.8. The molecular formula is C26H28N4O5. The lowest BCUT2D eigenvalue weighted by molar-refractivity contribution is -0.120. The summed E-state index contributed by atoms with van der Waals surface area (Å²) in [6.45, 7) is 3.45. The largest absolute Gasteiger partial charge is 0.493 e. The monoisotopic (exact) mass is 476 g/mol. The SMILES string of the molecule is COc1cc([C@H]2C(C(=O)Nc3cc(C)ccn3)=C(C)NC3=C2C(=O)CCC3)ccc1OCC(N)=O. The maximum Gasteiger partial charge on any atom is 0.255 e. The Morgan fingerprint density at radius 2 is 1.97 bits per heavy atom. The number of methoxy groups -OCH3 is 1. The fourth-order valence-corrected chi connectivity index (χ4v) is 4.54. The standard InChI is InChI=1S/C26H28N4O5/c1-14-9-10-28-22(11-14)30-26(33)23-15(2)29-17-5-4-6-18(31)25(17)24(23)16-7-8-19(20(12-16)34-3)35-13-21(27)32/h7-12,24,29H,4-6,13H2,1-3H3,(H2,27,32)(H,28,30,33)/t24-/m0/s1. The number of rotatable bonds is 7. The Kier molecular flexibility index (Phi) is 6.86. The van der Waals surface area contributed by atoms with Crippen molar-refractivity contribution in [2.24, 2.45) is 5.73 Å². The first kappa shape index (κ1) is 24.0. The lowest BCUT2D eigenvalue weighted by Crippen LogP contribution is -2.35. The number of allylic oxidation sites excluding steroid dienone is 3. The van der Waals surface area contributed by atoms with Crippen molar-refractivity contribution >= 4 is 23.4 Å². The first-order valence-electron chi connectivity index (χ1n) is 11.4. The Balaban J connectivity index is 1.78. The molecule has 0 spiro atoms. The van der Waals surface area contributed by atoms with E-state index >= 15 is 0 Å². The molecule has 9 nitrogen and oxygen atoms in total. The zero-order valence-corrected chi connectivity index (χ0v) is 19.9. The third-order valence-corrected chi connectivity index (χ3v) is 6.07. The third-order valence-electron chi connectivity index (χ3n) is 6.07. The maximum atomic E-state index is 13.6. The van der Waals surface area contributed by atoms with E-state index in [0.29, 0.717) is 46.1 Å². The van der Waals surface area contributed by atoms with Crippen LogP contribution in [0.15, 0.2) is 59.1 Å². The van der Waals surface area contributed by atoms with E-state index < -0.39 is 11.8 Å². The molecule has 1 atom stereocenters. The van der Waals surface area contributed by atoms with E-state index in [1.165, 1.54) is 7.11 Å². The molecule has 2 heterocycles. The Morgan fingerprint density at radius 3 is 2.69 bits per heavy atom. The predicted octanol–water partition coefficient (Wildman–Crippen LogP) is 2.87. The molecule has 2 amide bonds. The number of nitrogens with two attached hydrogens (primary N) is 1. The average Bonchev–Trinajstić information content (AvgIpc) is 2.81. The highest BCUT2D eigenvalue weighted by atomic mass is 16.5. The van der Waals surface area contributed by atoms with Gasteiger partial charge in [-0.3, -0.25) is 14.4 Å². The normalized spacial score (nSPS) is 17.5. The molecule has 1 aliphatic carbocycles. The molecule has 9 heteroatoms. The number of hydrogen-bond donors (Lipinski definition) is 3. The van der Waals surface area contributed by atoms with E-state index in [0.717, 1.165) is 24.1 Å². The van der Waals surface area contributed by atoms with Gasteiger partial charge in [0.1, 0.15) is 5.82 Å². The number of ether oxygens (including phenoxy) is 2. The van der Waals surface area contributed by atoms with Gasteiger partial charge in [-0.25, -0.2) is 4.98 Å². The number of benzene rings is 1. The summed E-state index contributed by atoms with van der Waals surface area (Å²) in [5.41, 5.74) is 9.36. The smallest absolute Gasteiger partial charge is 0.255 e. The molecule has 2 aliphatic rings. The highest BCUT2D eigenvalue weighted by Gasteiger charge is 2.38. The van der Waals surface area contributed by atoms with E-state index in [2.05, 4.69) is 15.6 Å². The van der Waals surface area contributed by atoms with Crippen molar-refractivity contribution in [1.29, 1.82) is 0 Å². The van der Waals surface area contributed by atoms with Crippen LogP contribution in [-0.2, 0) is 14.4 Å². The van der Waals surface area contributed by atoms with Gasteiger partial charge in [0.05, 0.1) is 7.11 Å². The van der Waals surface area contributed by atoms with E-state index in [9.17, 15) is 14.4 Å². The molecule has 2 aromatic rings. The molecule has 0 bridgehead atoms. The molecule has 0 saturated carbocycles. The number of carbonyl (C=O) groups is 3. The Hall–Kier alpha value is -4.14. The van der Waals surface area contributed by atoms with Gasteiger partial charge in [0.25, 0.3) is 11.8 Å². The predicted molar refractivity (Wildman–Crippen MR) is 130 cm³/mol. The van der Waals surface area contributed by atoms with Crippen molar-refractivity contribution < 1.29 is 23.9 Å². The van der Waals surface area contributed by atoms with Crippen LogP contribution in [-0.4, -0.2) is 36.3 Å². The zero-order valence-electron chi connectivity index (χ0n) is 19.9. The van der Waals surface area contributed by atoms with Crippen molar-refractivity contribution in [3.05, 3.63) is 70.2 Å². The van der Waals surface area contributed by atoms with Gasteiger partial charge in [-0.05, 0) is 62.1 Å². The highest BCUT2D eigenvalue weighted by molar-refractivity contribution is 6.09. The molecule has 0 unspecified atom stereocenters. The van der Waals surface area contributed by atoms with Crippen LogP contribution in [0, 0.1) is 6.92 Å². The quantitative estimate of drug-likeness (QED) is 0.560. The fraction of sp³-hybridized carbons (Fsp3) is 0.308. The second kappa shape index (κ2) is 10.0. The summed E-state index contributed by atoms with van der Waals surface area (Å²) in [5, 5.41) is 6.18. The summed E-state index contributed by atoms with van der Waals surface area (Å²) in [7, 11) is 1.48. The Morgan fingerprint density at radius 1 is 1.17 bits per heavy atom. The van der Waals surface area contributed by atoms with Gasteiger partial charge in [0, 0.05) is 41.1 Å². The molecule has 1 aromatic heterocycles. The van der Waals surface area contributed by atoms with Gasteiger partial charge < -0.3 is 25.8 Å². The third kappa shape index (κ3) is 5.03. The fourth-order valence-electron chi connectivity index (χ4n) is 4.54. The summed E-state index contributed by atoms with van der Waals surface area (Å²) in [5.74, 6) is -0.438. The van der Waals surface area contributed by atoms with Crippen LogP contribution in [0.5, 0.6) is 11.5 Å². The van der Waals surface area contributed by atoms with Gasteiger partial charge >= 0.3 is 0 Å². The summed E-state index contributed by atoms with van der Waals surface area (Å²) in [6.07, 6.45) is 3.52. The molecule has 35 heavy (non-hydrogen) atoms. The van der Waals surface area contributed by atoms with Crippen LogP contribution >= 0.6 is 0 Å². The van der Waals surface area contributed by atoms with E-state index in [1.54, 1.807) is 30.5 Å². The van der Waals surface area contributed by atoms with Crippen molar-refractivity contribution in [3.8, 4) is 11.5 Å². The van der Waals surface area contributed by atoms with Gasteiger partial charge in [0.15, 0.2) is 23.9 Å². The number of anilines is 1. The first-order valence-corrected chi connectivity index (χ1v) is 11.4. The number of nitrogens with zero attached hydrogens (tertiary/aromatic N) is 1. The number of carbonyl (C=O) groups excluding carboxylic acids is 3. The number of amides is 2. The van der Waals surface area contributed by atoms with Crippen molar-refractivity contribution in [3.63, 3.8) is 0 Å². The number of aryl methyl sites for hydroxylation is 1. The van der Waals surface area contributed by atoms with Gasteiger partial charge in [-0.1, -0.05) is 6.07 Å². The number of pyridine rings is 1. The second-order valence-corrected chi connectivity index (χ2v) is 8.60. The Labute approximate surface area is 203 Å². The summed E-state index contributed by atoms with van der Waals surface area (Å²) >= 11 is 0. The average molecular weight is 477 g/mol. The number of primary amides is 1. The number of dihydropyridines is 1. The van der Waals surface area contributed by atoms with E-state index in [-0.39, 0.29) is 18.3 Å². The van der Waals surface area contributed by atoms with Crippen LogP contribution in [0.4, 0.5) is 5.82 Å². The minimum absolute atomic E-state index is 0.00301. The van der Waals surface area contributed by atoms with E-state index in [1.807, 2.05) is 19.9 Å². The van der Waals surface area contributed by atoms with Crippen LogP contribution in [0.2, 0.25) is 0 Å². The summed E-state index contributed by atoms with van der Waals surface area (Å²) in [4.78, 5) is 42.1. The number of aromatic nitrogens is 1. The van der Waals surface area contributed by atoms with Crippen LogP contribution in [0.1, 0.15) is 43.2 Å². The zero-order chi connectivity index (χ0) is 25.1. The van der Waals surface area contributed by atoms with Crippen molar-refractivity contribution in [2.45, 2.75) is 39.0 Å². The van der Waals surface area contributed by atoms with Gasteiger partial charge in [-0.2, -0.15) is 0 Å². The molecule has 4 rings (SSSR count). The molecule has 1 aliphatic heterocycles. The molecule has 1 aromatic carbocycles.